The van der Waals surface area contributed by atoms with Crippen molar-refractivity contribution < 1.29 is 23.1 Å². The molecule has 1 N–H and O–H groups in total. The van der Waals surface area contributed by atoms with Gasteiger partial charge in [0.25, 0.3) is 5.91 Å². The smallest absolute Gasteiger partial charge is 0.331 e. The number of rotatable bonds is 5. The van der Waals surface area contributed by atoms with Gasteiger partial charge in [-0.1, -0.05) is 24.3 Å². The number of nitrogens with one attached hydrogen (secondary N) is 1. The molecule has 6 heteroatoms. The zero-order chi connectivity index (χ0) is 17.5. The second-order valence-corrected chi connectivity index (χ2v) is 4.94. The fraction of sp³-hybridized carbons (Fsp3) is 0.111. The highest BCUT2D eigenvalue weighted by Gasteiger charge is 2.17. The van der Waals surface area contributed by atoms with E-state index in [4.69, 9.17) is 4.74 Å². The van der Waals surface area contributed by atoms with Crippen molar-refractivity contribution in [2.24, 2.45) is 0 Å². The molecule has 0 radical (unpaired) electrons. The average Bonchev–Trinajstić information content (AvgIpc) is 2.55. The van der Waals surface area contributed by atoms with Gasteiger partial charge in [-0.15, -0.1) is 0 Å². The monoisotopic (exact) mass is 331 g/mol. The molecule has 0 aliphatic rings. The molecule has 1 amide bonds. The van der Waals surface area contributed by atoms with Crippen molar-refractivity contribution in [2.75, 3.05) is 5.32 Å². The van der Waals surface area contributed by atoms with Crippen molar-refractivity contribution in [3.05, 3.63) is 71.8 Å². The predicted octanol–water partition coefficient (Wildman–Crippen LogP) is 3.55. The molecule has 0 fully saturated rings. The number of hydrogen-bond donors (Lipinski definition) is 1. The molecule has 0 bridgehead atoms. The number of carbonyl (C=O) groups excluding carboxylic acids is 2. The summed E-state index contributed by atoms with van der Waals surface area (Å²) in [7, 11) is 0. The van der Waals surface area contributed by atoms with E-state index in [1.54, 1.807) is 12.1 Å². The number of esters is 1. The largest absolute Gasteiger partial charge is 0.449 e. The van der Waals surface area contributed by atoms with Crippen LogP contribution in [0.25, 0.3) is 6.08 Å². The molecule has 1 atom stereocenters. The number of ether oxygens (including phenoxy) is 1. The maximum atomic E-state index is 13.5. The van der Waals surface area contributed by atoms with Crippen LogP contribution in [0.3, 0.4) is 0 Å². The first-order chi connectivity index (χ1) is 11.5. The van der Waals surface area contributed by atoms with Crippen LogP contribution in [0.2, 0.25) is 0 Å². The van der Waals surface area contributed by atoms with Gasteiger partial charge in [0.05, 0.1) is 5.69 Å². The molecule has 0 aromatic heterocycles. The third kappa shape index (κ3) is 5.01. The van der Waals surface area contributed by atoms with Crippen LogP contribution < -0.4 is 5.32 Å². The Morgan fingerprint density at radius 3 is 2.58 bits per heavy atom. The van der Waals surface area contributed by atoms with E-state index in [0.717, 1.165) is 6.08 Å². The molecule has 2 aromatic rings. The number of carbonyl (C=O) groups is 2. The first-order valence-electron chi connectivity index (χ1n) is 7.15. The van der Waals surface area contributed by atoms with Crippen molar-refractivity contribution >= 4 is 23.6 Å². The second kappa shape index (κ2) is 8.01. The quantitative estimate of drug-likeness (QED) is 0.673. The Balaban J connectivity index is 1.91. The molecule has 4 nitrogen and oxygen atoms in total. The zero-order valence-corrected chi connectivity index (χ0v) is 12.8. The van der Waals surface area contributed by atoms with Crippen LogP contribution in [-0.4, -0.2) is 18.0 Å². The normalized spacial score (nSPS) is 12.0. The van der Waals surface area contributed by atoms with Crippen LogP contribution in [0.1, 0.15) is 12.5 Å². The predicted molar refractivity (Wildman–Crippen MR) is 86.0 cm³/mol. The third-order valence-corrected chi connectivity index (χ3v) is 3.05. The first-order valence-corrected chi connectivity index (χ1v) is 7.15. The van der Waals surface area contributed by atoms with E-state index in [9.17, 15) is 18.4 Å². The van der Waals surface area contributed by atoms with Crippen molar-refractivity contribution in [3.63, 3.8) is 0 Å². The number of amides is 1. The zero-order valence-electron chi connectivity index (χ0n) is 12.8. The molecule has 0 saturated carbocycles. The van der Waals surface area contributed by atoms with Crippen LogP contribution in [0.15, 0.2) is 54.6 Å². The lowest BCUT2D eigenvalue weighted by Gasteiger charge is -2.12. The summed E-state index contributed by atoms with van der Waals surface area (Å²) in [6.45, 7) is 1.37. The Kier molecular flexibility index (Phi) is 5.78. The topological polar surface area (TPSA) is 55.4 Å². The molecule has 0 saturated heterocycles. The molecule has 2 rings (SSSR count). The first kappa shape index (κ1) is 17.3. The van der Waals surface area contributed by atoms with E-state index in [1.165, 1.54) is 49.4 Å². The maximum Gasteiger partial charge on any atom is 0.331 e. The van der Waals surface area contributed by atoms with E-state index in [-0.39, 0.29) is 5.69 Å². The van der Waals surface area contributed by atoms with E-state index in [2.05, 4.69) is 5.32 Å². The third-order valence-electron chi connectivity index (χ3n) is 3.05. The van der Waals surface area contributed by atoms with Crippen LogP contribution in [0.4, 0.5) is 14.5 Å². The van der Waals surface area contributed by atoms with Gasteiger partial charge >= 0.3 is 5.97 Å². The van der Waals surface area contributed by atoms with Crippen LogP contribution in [0.5, 0.6) is 0 Å². The maximum absolute atomic E-state index is 13.5. The Morgan fingerprint density at radius 1 is 1.12 bits per heavy atom. The van der Waals surface area contributed by atoms with Crippen LogP contribution in [-0.2, 0) is 14.3 Å². The Morgan fingerprint density at radius 2 is 1.88 bits per heavy atom. The minimum Gasteiger partial charge on any atom is -0.449 e. The number of hydrogen-bond acceptors (Lipinski definition) is 3. The molecule has 0 spiro atoms. The van der Waals surface area contributed by atoms with E-state index < -0.39 is 29.6 Å². The molecule has 0 heterocycles. The molecule has 124 valence electrons. The number of para-hydroxylation sites is 1. The van der Waals surface area contributed by atoms with Crippen molar-refractivity contribution in [2.45, 2.75) is 13.0 Å². The fourth-order valence-corrected chi connectivity index (χ4v) is 1.84. The Labute approximate surface area is 137 Å². The molecule has 0 unspecified atom stereocenters. The Bertz CT molecular complexity index is 774. The number of benzene rings is 2. The lowest BCUT2D eigenvalue weighted by atomic mass is 10.2. The fourth-order valence-electron chi connectivity index (χ4n) is 1.84. The highest BCUT2D eigenvalue weighted by atomic mass is 19.1. The summed E-state index contributed by atoms with van der Waals surface area (Å²) < 4.78 is 31.4. The summed E-state index contributed by atoms with van der Waals surface area (Å²) in [5.41, 5.74) is 0.483. The van der Waals surface area contributed by atoms with Crippen molar-refractivity contribution in [1.29, 1.82) is 0 Å². The summed E-state index contributed by atoms with van der Waals surface area (Å²) in [6, 6.07) is 11.3. The van der Waals surface area contributed by atoms with Gasteiger partial charge in [-0.05, 0) is 42.8 Å². The van der Waals surface area contributed by atoms with Crippen molar-refractivity contribution in [3.8, 4) is 0 Å². The highest BCUT2D eigenvalue weighted by Crippen LogP contribution is 2.13. The van der Waals surface area contributed by atoms with E-state index >= 15 is 0 Å². The minimum atomic E-state index is -1.12. The summed E-state index contributed by atoms with van der Waals surface area (Å²) in [5.74, 6) is -2.44. The van der Waals surface area contributed by atoms with Gasteiger partial charge in [0.15, 0.2) is 6.10 Å². The summed E-state index contributed by atoms with van der Waals surface area (Å²) >= 11 is 0. The van der Waals surface area contributed by atoms with E-state index in [0.29, 0.717) is 5.56 Å². The van der Waals surface area contributed by atoms with Gasteiger partial charge in [-0.25, -0.2) is 13.6 Å². The van der Waals surface area contributed by atoms with Gasteiger partial charge in [0.1, 0.15) is 11.6 Å². The SMILES string of the molecule is C[C@@H](OC(=O)/C=C/c1cccc(F)c1)C(=O)Nc1ccccc1F. The summed E-state index contributed by atoms with van der Waals surface area (Å²) in [6.07, 6.45) is 1.34. The summed E-state index contributed by atoms with van der Waals surface area (Å²) in [5, 5.41) is 2.33. The number of halogens is 2. The van der Waals surface area contributed by atoms with Gasteiger partial charge < -0.3 is 10.1 Å². The van der Waals surface area contributed by atoms with Crippen LogP contribution >= 0.6 is 0 Å². The van der Waals surface area contributed by atoms with E-state index in [1.807, 2.05) is 0 Å². The molecule has 0 aliphatic heterocycles. The Hall–Kier alpha value is -3.02. The van der Waals surface area contributed by atoms with Gasteiger partial charge in [-0.2, -0.15) is 0 Å². The van der Waals surface area contributed by atoms with Crippen LogP contribution in [0, 0.1) is 11.6 Å². The minimum absolute atomic E-state index is 0.000650. The molecular weight excluding hydrogens is 316 g/mol. The van der Waals surface area contributed by atoms with Gasteiger partial charge in [-0.3, -0.25) is 4.79 Å². The number of anilines is 1. The lowest BCUT2D eigenvalue weighted by molar-refractivity contribution is -0.148. The molecule has 2 aromatic carbocycles. The van der Waals surface area contributed by atoms with Crippen molar-refractivity contribution in [1.82, 2.24) is 0 Å². The average molecular weight is 331 g/mol. The molecule has 24 heavy (non-hydrogen) atoms. The highest BCUT2D eigenvalue weighted by molar-refractivity contribution is 5.96. The summed E-state index contributed by atoms with van der Waals surface area (Å²) in [4.78, 5) is 23.6. The molecule has 0 aliphatic carbocycles. The lowest BCUT2D eigenvalue weighted by Crippen LogP contribution is -2.29. The standard InChI is InChI=1S/C18H15F2NO3/c1-12(18(23)21-16-8-3-2-7-15(16)20)24-17(22)10-9-13-5-4-6-14(19)11-13/h2-12H,1H3,(H,21,23)/b10-9+/t12-/m1/s1. The van der Waals surface area contributed by atoms with Gasteiger partial charge in [0.2, 0.25) is 0 Å². The molecular formula is C18H15F2NO3. The van der Waals surface area contributed by atoms with Gasteiger partial charge in [0, 0.05) is 6.08 Å². The second-order valence-electron chi connectivity index (χ2n) is 4.94.